The number of hydrogen-bond donors (Lipinski definition) is 2. The molecule has 0 heterocycles. The van der Waals surface area contributed by atoms with E-state index in [1.54, 1.807) is 13.2 Å². The second-order valence-corrected chi connectivity index (χ2v) is 8.38. The zero-order chi connectivity index (χ0) is 20.3. The summed E-state index contributed by atoms with van der Waals surface area (Å²) in [5, 5.41) is 2.88. The van der Waals surface area contributed by atoms with Gasteiger partial charge in [0.25, 0.3) is 5.91 Å². The van der Waals surface area contributed by atoms with Gasteiger partial charge in [0, 0.05) is 17.2 Å². The quantitative estimate of drug-likeness (QED) is 0.705. The summed E-state index contributed by atoms with van der Waals surface area (Å²) in [6, 6.07) is 11.4. The first kappa shape index (κ1) is 20.2. The van der Waals surface area contributed by atoms with Gasteiger partial charge in [-0.3, -0.25) is 4.79 Å². The van der Waals surface area contributed by atoms with Crippen LogP contribution in [0.4, 0.5) is 0 Å². The molecule has 8 heteroatoms. The van der Waals surface area contributed by atoms with Crippen molar-refractivity contribution in [1.29, 1.82) is 0 Å². The topological polar surface area (TPSA) is 93.7 Å². The van der Waals surface area contributed by atoms with E-state index in [9.17, 15) is 13.2 Å². The monoisotopic (exact) mass is 404 g/mol. The van der Waals surface area contributed by atoms with Gasteiger partial charge in [0.05, 0.1) is 20.3 Å². The number of ether oxygens (including phenoxy) is 2. The smallest absolute Gasteiger partial charge is 0.251 e. The second-order valence-electron chi connectivity index (χ2n) is 6.70. The third kappa shape index (κ3) is 4.45. The third-order valence-corrected chi connectivity index (χ3v) is 6.11. The fourth-order valence-corrected chi connectivity index (χ4v) is 4.39. The van der Waals surface area contributed by atoms with Gasteiger partial charge in [0.15, 0.2) is 0 Å². The van der Waals surface area contributed by atoms with E-state index in [0.29, 0.717) is 5.75 Å². The van der Waals surface area contributed by atoms with Gasteiger partial charge in [-0.1, -0.05) is 18.2 Å². The molecule has 1 fully saturated rings. The van der Waals surface area contributed by atoms with E-state index in [2.05, 4.69) is 10.0 Å². The summed E-state index contributed by atoms with van der Waals surface area (Å²) in [5.74, 6) is 0.480. The Balaban J connectivity index is 1.84. The van der Waals surface area contributed by atoms with Crippen LogP contribution in [0.5, 0.6) is 11.5 Å². The maximum Gasteiger partial charge on any atom is 0.251 e. The highest BCUT2D eigenvalue weighted by Gasteiger charge is 2.30. The molecular formula is C20H24N2O5S. The lowest BCUT2D eigenvalue weighted by Crippen LogP contribution is -2.28. The number of hydrogen-bond acceptors (Lipinski definition) is 5. The standard InChI is InChI=1S/C20H24N2O5S/c1-13(16-6-4-5-7-17(16)26-2)21-20(23)14-8-11-18(27-3)19(12-14)28(24,25)22-15-9-10-15/h4-8,11-13,15,22H,9-10H2,1-3H3,(H,21,23). The first-order valence-electron chi connectivity index (χ1n) is 9.00. The molecule has 7 nitrogen and oxygen atoms in total. The molecule has 2 aromatic carbocycles. The van der Waals surface area contributed by atoms with Crippen LogP contribution in [0.1, 0.15) is 41.7 Å². The van der Waals surface area contributed by atoms with Gasteiger partial charge in [-0.15, -0.1) is 0 Å². The van der Waals surface area contributed by atoms with Crippen LogP contribution in [-0.2, 0) is 10.0 Å². The minimum Gasteiger partial charge on any atom is -0.496 e. The molecule has 150 valence electrons. The number of nitrogens with one attached hydrogen (secondary N) is 2. The number of benzene rings is 2. The Morgan fingerprint density at radius 3 is 2.39 bits per heavy atom. The molecule has 2 aromatic rings. The predicted molar refractivity (Wildman–Crippen MR) is 105 cm³/mol. The molecule has 0 radical (unpaired) electrons. The first-order chi connectivity index (χ1) is 13.4. The average molecular weight is 404 g/mol. The van der Waals surface area contributed by atoms with Gasteiger partial charge in [-0.2, -0.15) is 0 Å². The fourth-order valence-electron chi connectivity index (χ4n) is 2.89. The zero-order valence-electron chi connectivity index (χ0n) is 16.1. The summed E-state index contributed by atoms with van der Waals surface area (Å²) in [6.07, 6.45) is 1.64. The first-order valence-corrected chi connectivity index (χ1v) is 10.5. The Hall–Kier alpha value is -2.58. The van der Waals surface area contributed by atoms with Crippen molar-refractivity contribution in [2.45, 2.75) is 36.7 Å². The van der Waals surface area contributed by atoms with E-state index in [1.807, 2.05) is 31.2 Å². The molecular weight excluding hydrogens is 380 g/mol. The lowest BCUT2D eigenvalue weighted by molar-refractivity contribution is 0.0939. The van der Waals surface area contributed by atoms with E-state index in [4.69, 9.17) is 9.47 Å². The fraction of sp³-hybridized carbons (Fsp3) is 0.350. The Labute approximate surface area is 165 Å². The lowest BCUT2D eigenvalue weighted by Gasteiger charge is -2.18. The van der Waals surface area contributed by atoms with Crippen molar-refractivity contribution in [3.8, 4) is 11.5 Å². The summed E-state index contributed by atoms with van der Waals surface area (Å²) >= 11 is 0. The minimum absolute atomic E-state index is 0.0421. The molecule has 0 aromatic heterocycles. The van der Waals surface area contributed by atoms with E-state index in [1.165, 1.54) is 19.2 Å². The van der Waals surface area contributed by atoms with Crippen LogP contribution < -0.4 is 19.5 Å². The van der Waals surface area contributed by atoms with Crippen molar-refractivity contribution in [3.63, 3.8) is 0 Å². The van der Waals surface area contributed by atoms with Crippen LogP contribution in [0.15, 0.2) is 47.4 Å². The van der Waals surface area contributed by atoms with Gasteiger partial charge >= 0.3 is 0 Å². The molecule has 1 aliphatic rings. The number of carbonyl (C=O) groups is 1. The highest BCUT2D eigenvalue weighted by atomic mass is 32.2. The van der Waals surface area contributed by atoms with Crippen molar-refractivity contribution in [2.75, 3.05) is 14.2 Å². The van der Waals surface area contributed by atoms with Crippen LogP contribution in [0.2, 0.25) is 0 Å². The van der Waals surface area contributed by atoms with Gasteiger partial charge in [-0.05, 0) is 44.0 Å². The van der Waals surface area contributed by atoms with E-state index >= 15 is 0 Å². The summed E-state index contributed by atoms with van der Waals surface area (Å²) in [5.41, 5.74) is 1.06. The normalized spacial score (nSPS) is 15.0. The van der Waals surface area contributed by atoms with Crippen LogP contribution >= 0.6 is 0 Å². The molecule has 0 aliphatic heterocycles. The summed E-state index contributed by atoms with van der Waals surface area (Å²) in [4.78, 5) is 12.7. The van der Waals surface area contributed by atoms with Crippen LogP contribution in [0.3, 0.4) is 0 Å². The number of rotatable bonds is 8. The Kier molecular flexibility index (Phi) is 5.90. The van der Waals surface area contributed by atoms with Crippen molar-refractivity contribution in [1.82, 2.24) is 10.0 Å². The largest absolute Gasteiger partial charge is 0.496 e. The number of methoxy groups -OCH3 is 2. The number of sulfonamides is 1. The molecule has 2 N–H and O–H groups in total. The van der Waals surface area contributed by atoms with Gasteiger partial charge in [0.1, 0.15) is 16.4 Å². The number of para-hydroxylation sites is 1. The van der Waals surface area contributed by atoms with Gasteiger partial charge < -0.3 is 14.8 Å². The predicted octanol–water partition coefficient (Wildman–Crippen LogP) is 2.64. The van der Waals surface area contributed by atoms with Gasteiger partial charge in [-0.25, -0.2) is 13.1 Å². The Morgan fingerprint density at radius 2 is 1.75 bits per heavy atom. The van der Waals surface area contributed by atoms with Gasteiger partial charge in [0.2, 0.25) is 10.0 Å². The molecule has 1 aliphatic carbocycles. The molecule has 1 saturated carbocycles. The maximum absolute atomic E-state index is 12.7. The lowest BCUT2D eigenvalue weighted by atomic mass is 10.1. The molecule has 0 bridgehead atoms. The number of carbonyl (C=O) groups excluding carboxylic acids is 1. The Bertz CT molecular complexity index is 970. The second kappa shape index (κ2) is 8.20. The van der Waals surface area contributed by atoms with Crippen molar-refractivity contribution in [2.24, 2.45) is 0 Å². The van der Waals surface area contributed by atoms with Crippen molar-refractivity contribution in [3.05, 3.63) is 53.6 Å². The van der Waals surface area contributed by atoms with Crippen molar-refractivity contribution < 1.29 is 22.7 Å². The van der Waals surface area contributed by atoms with Crippen LogP contribution in [0, 0.1) is 0 Å². The van der Waals surface area contributed by atoms with E-state index in [-0.39, 0.29) is 34.2 Å². The Morgan fingerprint density at radius 1 is 1.07 bits per heavy atom. The van der Waals surface area contributed by atoms with E-state index < -0.39 is 10.0 Å². The number of amides is 1. The summed E-state index contributed by atoms with van der Waals surface area (Å²) in [6.45, 7) is 1.84. The zero-order valence-corrected chi connectivity index (χ0v) is 16.9. The summed E-state index contributed by atoms with van der Waals surface area (Å²) in [7, 11) is -0.794. The van der Waals surface area contributed by atoms with Crippen LogP contribution in [-0.4, -0.2) is 34.6 Å². The van der Waals surface area contributed by atoms with Crippen molar-refractivity contribution >= 4 is 15.9 Å². The molecule has 28 heavy (non-hydrogen) atoms. The molecule has 1 atom stereocenters. The SMILES string of the molecule is COc1ccccc1C(C)NC(=O)c1ccc(OC)c(S(=O)(=O)NC2CC2)c1. The molecule has 0 saturated heterocycles. The minimum atomic E-state index is -3.76. The third-order valence-electron chi connectivity index (χ3n) is 4.57. The molecule has 3 rings (SSSR count). The van der Waals surface area contributed by atoms with E-state index in [0.717, 1.165) is 18.4 Å². The molecule has 1 amide bonds. The highest BCUT2D eigenvalue weighted by molar-refractivity contribution is 7.89. The maximum atomic E-state index is 12.7. The highest BCUT2D eigenvalue weighted by Crippen LogP contribution is 2.29. The average Bonchev–Trinajstić information content (AvgIpc) is 3.50. The summed E-state index contributed by atoms with van der Waals surface area (Å²) < 4.78 is 38.4. The molecule has 1 unspecified atom stereocenters. The molecule has 0 spiro atoms. The van der Waals surface area contributed by atoms with Crippen LogP contribution in [0.25, 0.3) is 0 Å².